The molecule has 1 unspecified atom stereocenters. The van der Waals surface area contributed by atoms with Crippen LogP contribution in [0.1, 0.15) is 13.3 Å². The van der Waals surface area contributed by atoms with Crippen LogP contribution in [0.15, 0.2) is 24.3 Å². The lowest BCUT2D eigenvalue weighted by atomic mass is 10.3. The Balaban J connectivity index is 0.00000288. The Kier molecular flexibility index (Phi) is 8.02. The lowest BCUT2D eigenvalue weighted by Crippen LogP contribution is -2.36. The first-order valence-corrected chi connectivity index (χ1v) is 8.53. The number of nitrogens with zero attached hydrogens (tertiary/aromatic N) is 1. The molecule has 1 aromatic rings. The molecule has 0 aliphatic carbocycles. The summed E-state index contributed by atoms with van der Waals surface area (Å²) < 4.78 is 4.82. The van der Waals surface area contributed by atoms with Crippen LogP contribution < -0.4 is 10.6 Å². The highest BCUT2D eigenvalue weighted by atomic mass is 35.5. The largest absolute Gasteiger partial charge is 0.465 e. The van der Waals surface area contributed by atoms with E-state index in [1.54, 1.807) is 31.2 Å². The van der Waals surface area contributed by atoms with Crippen molar-refractivity contribution in [2.75, 3.05) is 17.3 Å². The molecule has 6 nitrogen and oxygen atoms in total. The van der Waals surface area contributed by atoms with Gasteiger partial charge in [-0.3, -0.25) is 14.4 Å². The van der Waals surface area contributed by atoms with Crippen LogP contribution in [0.25, 0.3) is 0 Å². The van der Waals surface area contributed by atoms with Crippen molar-refractivity contribution >= 4 is 59.2 Å². The Labute approximate surface area is 155 Å². The molecular weight excluding hydrogens is 375 g/mol. The molecule has 1 aromatic carbocycles. The number of carbonyl (C=O) groups is 3. The normalized spacial score (nSPS) is 18.3. The Morgan fingerprint density at radius 3 is 2.83 bits per heavy atom. The van der Waals surface area contributed by atoms with Crippen molar-refractivity contribution in [2.24, 2.45) is 5.73 Å². The lowest BCUT2D eigenvalue weighted by Gasteiger charge is -2.16. The van der Waals surface area contributed by atoms with Crippen LogP contribution in [0.4, 0.5) is 5.69 Å². The van der Waals surface area contributed by atoms with Crippen molar-refractivity contribution in [3.8, 4) is 0 Å². The van der Waals surface area contributed by atoms with E-state index in [-0.39, 0.29) is 43.0 Å². The van der Waals surface area contributed by atoms with Gasteiger partial charge in [-0.15, -0.1) is 24.2 Å². The van der Waals surface area contributed by atoms with Crippen molar-refractivity contribution in [3.63, 3.8) is 0 Å². The van der Waals surface area contributed by atoms with E-state index in [9.17, 15) is 14.4 Å². The van der Waals surface area contributed by atoms with Gasteiger partial charge in [-0.05, 0) is 25.1 Å². The quantitative estimate of drug-likeness (QED) is 0.588. The molecule has 0 spiro atoms. The van der Waals surface area contributed by atoms with Crippen molar-refractivity contribution < 1.29 is 19.1 Å². The van der Waals surface area contributed by atoms with E-state index in [4.69, 9.17) is 22.1 Å². The zero-order chi connectivity index (χ0) is 17.0. The van der Waals surface area contributed by atoms with Crippen LogP contribution in [0.2, 0.25) is 5.02 Å². The molecular formula is C15H18Cl2N2O4S. The molecule has 0 aromatic heterocycles. The molecule has 2 amide bonds. The molecule has 24 heavy (non-hydrogen) atoms. The highest BCUT2D eigenvalue weighted by molar-refractivity contribution is 8.00. The fourth-order valence-electron chi connectivity index (χ4n) is 2.16. The van der Waals surface area contributed by atoms with Gasteiger partial charge in [-0.25, -0.2) is 4.90 Å². The summed E-state index contributed by atoms with van der Waals surface area (Å²) >= 11 is 7.09. The highest BCUT2D eigenvalue weighted by Gasteiger charge is 2.40. The van der Waals surface area contributed by atoms with Gasteiger partial charge < -0.3 is 10.5 Å². The van der Waals surface area contributed by atoms with E-state index < -0.39 is 17.3 Å². The highest BCUT2D eigenvalue weighted by Crippen LogP contribution is 2.31. The van der Waals surface area contributed by atoms with Crippen LogP contribution in [0, 0.1) is 0 Å². The molecule has 1 aliphatic heterocycles. The summed E-state index contributed by atoms with van der Waals surface area (Å²) in [6.45, 7) is 1.94. The Morgan fingerprint density at radius 2 is 2.21 bits per heavy atom. The molecule has 1 fully saturated rings. The van der Waals surface area contributed by atoms with Crippen molar-refractivity contribution in [1.29, 1.82) is 0 Å². The molecule has 2 N–H and O–H groups in total. The third-order valence-electron chi connectivity index (χ3n) is 3.24. The van der Waals surface area contributed by atoms with Crippen LogP contribution in [-0.4, -0.2) is 41.4 Å². The standard InChI is InChI=1S/C15H17ClN2O4S.ClH/c1-2-22-15(21)11(17)8-23-12-7-13(19)18(14(12)20)10-5-3-4-9(16)6-10;/h3-6,11-12H,2,7-8,17H2,1H3;1H/t11-,12?;/m0./s1. The Morgan fingerprint density at radius 1 is 1.50 bits per heavy atom. The minimum atomic E-state index is -0.817. The smallest absolute Gasteiger partial charge is 0.323 e. The van der Waals surface area contributed by atoms with Gasteiger partial charge in [0.05, 0.1) is 17.5 Å². The van der Waals surface area contributed by atoms with Gasteiger partial charge in [0.2, 0.25) is 11.8 Å². The number of hydrogen-bond acceptors (Lipinski definition) is 6. The van der Waals surface area contributed by atoms with E-state index >= 15 is 0 Å². The number of benzene rings is 1. The molecule has 1 aliphatic rings. The summed E-state index contributed by atoms with van der Waals surface area (Å²) in [5.41, 5.74) is 6.15. The van der Waals surface area contributed by atoms with Crippen molar-refractivity contribution in [2.45, 2.75) is 24.6 Å². The number of imide groups is 1. The number of ether oxygens (including phenoxy) is 1. The fraction of sp³-hybridized carbons (Fsp3) is 0.400. The monoisotopic (exact) mass is 392 g/mol. The predicted octanol–water partition coefficient (Wildman–Crippen LogP) is 2.02. The average Bonchev–Trinajstić information content (AvgIpc) is 2.79. The van der Waals surface area contributed by atoms with Gasteiger partial charge in [0.1, 0.15) is 6.04 Å². The van der Waals surface area contributed by atoms with E-state index in [1.807, 2.05) is 0 Å². The summed E-state index contributed by atoms with van der Waals surface area (Å²) in [5, 5.41) is -0.106. The van der Waals surface area contributed by atoms with Gasteiger partial charge in [0.25, 0.3) is 0 Å². The zero-order valence-corrected chi connectivity index (χ0v) is 15.3. The number of carbonyl (C=O) groups excluding carboxylic acids is 3. The third-order valence-corrected chi connectivity index (χ3v) is 4.80. The summed E-state index contributed by atoms with van der Waals surface area (Å²) in [6.07, 6.45) is 0.0750. The third kappa shape index (κ3) is 4.86. The number of halogens is 2. The number of nitrogens with two attached hydrogens (primary N) is 1. The second-order valence-corrected chi connectivity index (χ2v) is 6.60. The predicted molar refractivity (Wildman–Crippen MR) is 96.7 cm³/mol. The zero-order valence-electron chi connectivity index (χ0n) is 12.9. The van der Waals surface area contributed by atoms with Crippen LogP contribution in [-0.2, 0) is 19.1 Å². The SMILES string of the molecule is CCOC(=O)[C@@H](N)CSC1CC(=O)N(c2cccc(Cl)c2)C1=O.Cl. The van der Waals surface area contributed by atoms with E-state index in [0.29, 0.717) is 10.7 Å². The number of hydrogen-bond donors (Lipinski definition) is 1. The number of amides is 2. The maximum Gasteiger partial charge on any atom is 0.323 e. The van der Waals surface area contributed by atoms with Crippen molar-refractivity contribution in [1.82, 2.24) is 0 Å². The molecule has 0 saturated carbocycles. The van der Waals surface area contributed by atoms with Gasteiger partial charge in [0.15, 0.2) is 0 Å². The van der Waals surface area contributed by atoms with E-state index in [2.05, 4.69) is 0 Å². The minimum Gasteiger partial charge on any atom is -0.465 e. The minimum absolute atomic E-state index is 0. The summed E-state index contributed by atoms with van der Waals surface area (Å²) in [6, 6.07) is 5.74. The average molecular weight is 393 g/mol. The number of rotatable bonds is 6. The molecule has 9 heteroatoms. The van der Waals surface area contributed by atoms with Gasteiger partial charge in [-0.2, -0.15) is 0 Å². The molecule has 1 saturated heterocycles. The van der Waals surface area contributed by atoms with Gasteiger partial charge in [-0.1, -0.05) is 17.7 Å². The Bertz CT molecular complexity index is 629. The van der Waals surface area contributed by atoms with Crippen LogP contribution >= 0.6 is 35.8 Å². The summed E-state index contributed by atoms with van der Waals surface area (Å²) in [7, 11) is 0. The lowest BCUT2D eigenvalue weighted by molar-refractivity contribution is -0.144. The summed E-state index contributed by atoms with van der Waals surface area (Å²) in [5.74, 6) is -0.910. The summed E-state index contributed by atoms with van der Waals surface area (Å²) in [4.78, 5) is 37.1. The van der Waals surface area contributed by atoms with Crippen LogP contribution in [0.5, 0.6) is 0 Å². The molecule has 1 heterocycles. The first-order chi connectivity index (χ1) is 10.9. The first-order valence-electron chi connectivity index (χ1n) is 7.10. The molecule has 0 bridgehead atoms. The molecule has 2 atom stereocenters. The number of anilines is 1. The maximum atomic E-state index is 12.4. The number of esters is 1. The number of thioether (sulfide) groups is 1. The van der Waals surface area contributed by atoms with Crippen molar-refractivity contribution in [3.05, 3.63) is 29.3 Å². The van der Waals surface area contributed by atoms with Crippen LogP contribution in [0.3, 0.4) is 0 Å². The second kappa shape index (κ2) is 9.27. The maximum absolute atomic E-state index is 12.4. The first kappa shape index (κ1) is 20.8. The second-order valence-electron chi connectivity index (χ2n) is 4.93. The van der Waals surface area contributed by atoms with Gasteiger partial charge in [0, 0.05) is 17.2 Å². The molecule has 2 rings (SSSR count). The van der Waals surface area contributed by atoms with E-state index in [1.165, 1.54) is 11.8 Å². The molecule has 132 valence electrons. The molecule has 0 radical (unpaired) electrons. The topological polar surface area (TPSA) is 89.7 Å². The Hall–Kier alpha value is -1.28. The van der Waals surface area contributed by atoms with Gasteiger partial charge >= 0.3 is 5.97 Å². The van der Waals surface area contributed by atoms with E-state index in [0.717, 1.165) is 4.90 Å². The fourth-order valence-corrected chi connectivity index (χ4v) is 3.43.